The molecule has 1 aliphatic heterocycles. The van der Waals surface area contributed by atoms with Gasteiger partial charge in [-0.05, 0) is 73.9 Å². The Morgan fingerprint density at radius 1 is 1.14 bits per heavy atom. The van der Waals surface area contributed by atoms with Crippen molar-refractivity contribution in [2.24, 2.45) is 0 Å². The maximum absolute atomic E-state index is 13.2. The molecule has 1 saturated heterocycles. The van der Waals surface area contributed by atoms with E-state index in [1.165, 1.54) is 29.5 Å². The molecule has 1 unspecified atom stereocenters. The van der Waals surface area contributed by atoms with Gasteiger partial charge in [-0.15, -0.1) is 0 Å². The van der Waals surface area contributed by atoms with E-state index in [1.54, 1.807) is 4.90 Å². The summed E-state index contributed by atoms with van der Waals surface area (Å²) in [4.78, 5) is 18.5. The number of H-pyrrole nitrogens is 1. The Morgan fingerprint density at radius 2 is 1.96 bits per heavy atom. The van der Waals surface area contributed by atoms with E-state index in [2.05, 4.69) is 4.98 Å². The highest BCUT2D eigenvalue weighted by Crippen LogP contribution is 2.35. The van der Waals surface area contributed by atoms with Gasteiger partial charge in [0.05, 0.1) is 6.54 Å². The molecular formula is C24H26N2O2. The van der Waals surface area contributed by atoms with E-state index in [0.29, 0.717) is 25.1 Å². The van der Waals surface area contributed by atoms with Gasteiger partial charge in [0, 0.05) is 28.7 Å². The molecule has 1 amide bonds. The number of likely N-dealkylation sites (tertiary alicyclic amines) is 1. The fourth-order valence-corrected chi connectivity index (χ4v) is 5.00. The van der Waals surface area contributed by atoms with Crippen molar-refractivity contribution in [3.8, 4) is 0 Å². The summed E-state index contributed by atoms with van der Waals surface area (Å²) in [6.45, 7) is 2.94. The van der Waals surface area contributed by atoms with Crippen LogP contribution in [0.2, 0.25) is 0 Å². The number of carbonyl (C=O) groups excluding carboxylic acids is 1. The molecule has 4 nitrogen and oxygen atoms in total. The van der Waals surface area contributed by atoms with Gasteiger partial charge in [0.2, 0.25) is 0 Å². The van der Waals surface area contributed by atoms with Gasteiger partial charge in [0.1, 0.15) is 5.60 Å². The molecule has 1 aliphatic carbocycles. The lowest BCUT2D eigenvalue weighted by Crippen LogP contribution is -2.34. The first-order valence-corrected chi connectivity index (χ1v) is 10.3. The molecule has 1 fully saturated rings. The largest absolute Gasteiger partial charge is 0.383 e. The van der Waals surface area contributed by atoms with Gasteiger partial charge < -0.3 is 15.0 Å². The molecule has 28 heavy (non-hydrogen) atoms. The van der Waals surface area contributed by atoms with Crippen LogP contribution in [0.5, 0.6) is 0 Å². The summed E-state index contributed by atoms with van der Waals surface area (Å²) in [5.74, 6) is 0.0113. The van der Waals surface area contributed by atoms with E-state index < -0.39 is 5.60 Å². The zero-order chi connectivity index (χ0) is 19.3. The van der Waals surface area contributed by atoms with Gasteiger partial charge in [-0.1, -0.05) is 24.3 Å². The summed E-state index contributed by atoms with van der Waals surface area (Å²) in [5.41, 5.74) is 5.60. The van der Waals surface area contributed by atoms with E-state index in [1.807, 2.05) is 49.4 Å². The van der Waals surface area contributed by atoms with Gasteiger partial charge in [-0.3, -0.25) is 4.79 Å². The molecule has 4 heteroatoms. The summed E-state index contributed by atoms with van der Waals surface area (Å²) in [7, 11) is 0. The van der Waals surface area contributed by atoms with Crippen LogP contribution < -0.4 is 0 Å². The molecule has 2 aromatic carbocycles. The van der Waals surface area contributed by atoms with Gasteiger partial charge in [-0.25, -0.2) is 0 Å². The smallest absolute Gasteiger partial charge is 0.253 e. The molecule has 2 N–H and O–H groups in total. The molecule has 3 aromatic rings. The number of nitrogens with zero attached hydrogens (tertiary/aromatic N) is 1. The number of aliphatic hydroxyl groups is 1. The predicted octanol–water partition coefficient (Wildman–Crippen LogP) is 4.09. The molecule has 2 heterocycles. The van der Waals surface area contributed by atoms with Crippen LogP contribution in [0.3, 0.4) is 0 Å². The fourth-order valence-electron chi connectivity index (χ4n) is 5.00. The number of nitrogens with one attached hydrogen (secondary N) is 1. The molecule has 144 valence electrons. The minimum absolute atomic E-state index is 0.0113. The quantitative estimate of drug-likeness (QED) is 0.710. The van der Waals surface area contributed by atoms with Crippen molar-refractivity contribution < 1.29 is 9.90 Å². The SMILES string of the molecule is Cc1ccccc1C1(O)CCN(C(=O)c2ccc3[nH]c4c(c3c2)CCCC4)C1. The minimum atomic E-state index is -0.960. The summed E-state index contributed by atoms with van der Waals surface area (Å²) in [6, 6.07) is 13.9. The predicted molar refractivity (Wildman–Crippen MR) is 111 cm³/mol. The highest BCUT2D eigenvalue weighted by atomic mass is 16.3. The number of aryl methyl sites for hydroxylation is 3. The summed E-state index contributed by atoms with van der Waals surface area (Å²) in [6.07, 6.45) is 5.21. The van der Waals surface area contributed by atoms with Gasteiger partial charge >= 0.3 is 0 Å². The zero-order valence-corrected chi connectivity index (χ0v) is 16.3. The van der Waals surface area contributed by atoms with E-state index in [9.17, 15) is 9.90 Å². The molecule has 0 radical (unpaired) electrons. The number of fused-ring (bicyclic) bond motifs is 3. The molecule has 0 spiro atoms. The number of hydrogen-bond donors (Lipinski definition) is 2. The lowest BCUT2D eigenvalue weighted by Gasteiger charge is -2.25. The van der Waals surface area contributed by atoms with Crippen molar-refractivity contribution in [1.82, 2.24) is 9.88 Å². The standard InChI is InChI=1S/C24H26N2O2/c1-16-6-2-4-8-20(16)24(28)12-13-26(15-24)23(27)17-10-11-22-19(14-17)18-7-3-5-9-21(18)25-22/h2,4,6,8,10-11,14,25,28H,3,5,7,9,12-13,15H2,1H3. The lowest BCUT2D eigenvalue weighted by molar-refractivity contribution is 0.0412. The Hall–Kier alpha value is -2.59. The number of aromatic amines is 1. The second-order valence-electron chi connectivity index (χ2n) is 8.37. The average molecular weight is 374 g/mol. The number of carbonyl (C=O) groups is 1. The van der Waals surface area contributed by atoms with Crippen LogP contribution in [-0.2, 0) is 18.4 Å². The van der Waals surface area contributed by atoms with Crippen molar-refractivity contribution in [2.75, 3.05) is 13.1 Å². The number of hydrogen-bond acceptors (Lipinski definition) is 2. The topological polar surface area (TPSA) is 56.3 Å². The monoisotopic (exact) mass is 374 g/mol. The Balaban J connectivity index is 1.43. The van der Waals surface area contributed by atoms with Crippen LogP contribution in [0.25, 0.3) is 10.9 Å². The normalized spacial score (nSPS) is 21.9. The first kappa shape index (κ1) is 17.5. The second-order valence-corrected chi connectivity index (χ2v) is 8.37. The van der Waals surface area contributed by atoms with Gasteiger partial charge in [0.15, 0.2) is 0 Å². The molecular weight excluding hydrogens is 348 g/mol. The van der Waals surface area contributed by atoms with E-state index >= 15 is 0 Å². The fraction of sp³-hybridized carbons (Fsp3) is 0.375. The number of aromatic nitrogens is 1. The van der Waals surface area contributed by atoms with Crippen LogP contribution in [0.4, 0.5) is 0 Å². The molecule has 0 bridgehead atoms. The number of amides is 1. The van der Waals surface area contributed by atoms with Crippen LogP contribution in [0.1, 0.15) is 52.0 Å². The molecule has 2 aliphatic rings. The van der Waals surface area contributed by atoms with Crippen molar-refractivity contribution >= 4 is 16.8 Å². The number of rotatable bonds is 2. The van der Waals surface area contributed by atoms with Gasteiger partial charge in [0.25, 0.3) is 5.91 Å². The van der Waals surface area contributed by atoms with E-state index in [0.717, 1.165) is 29.5 Å². The number of β-amino-alcohol motifs (C(OH)–C–C–N with tert-alkyl or cyclic N) is 1. The molecule has 5 rings (SSSR count). The molecule has 0 saturated carbocycles. The van der Waals surface area contributed by atoms with Crippen molar-refractivity contribution in [1.29, 1.82) is 0 Å². The molecule has 1 atom stereocenters. The van der Waals surface area contributed by atoms with Crippen molar-refractivity contribution in [3.63, 3.8) is 0 Å². The Morgan fingerprint density at radius 3 is 2.82 bits per heavy atom. The van der Waals surface area contributed by atoms with E-state index in [-0.39, 0.29) is 5.91 Å². The third kappa shape index (κ3) is 2.75. The average Bonchev–Trinajstić information content (AvgIpc) is 3.29. The van der Waals surface area contributed by atoms with Gasteiger partial charge in [-0.2, -0.15) is 0 Å². The maximum Gasteiger partial charge on any atom is 0.253 e. The summed E-state index contributed by atoms with van der Waals surface area (Å²) >= 11 is 0. The van der Waals surface area contributed by atoms with Crippen LogP contribution in [0, 0.1) is 6.92 Å². The Kier molecular flexibility index (Phi) is 4.06. The molecule has 1 aromatic heterocycles. The van der Waals surface area contributed by atoms with Crippen LogP contribution >= 0.6 is 0 Å². The zero-order valence-electron chi connectivity index (χ0n) is 16.3. The van der Waals surface area contributed by atoms with Crippen LogP contribution in [0.15, 0.2) is 42.5 Å². The first-order valence-electron chi connectivity index (χ1n) is 10.3. The highest BCUT2D eigenvalue weighted by Gasteiger charge is 2.40. The van der Waals surface area contributed by atoms with Crippen molar-refractivity contribution in [2.45, 2.75) is 44.6 Å². The Labute approximate surface area is 165 Å². The van der Waals surface area contributed by atoms with Crippen LogP contribution in [-0.4, -0.2) is 34.0 Å². The van der Waals surface area contributed by atoms with E-state index in [4.69, 9.17) is 0 Å². The summed E-state index contributed by atoms with van der Waals surface area (Å²) < 4.78 is 0. The first-order chi connectivity index (χ1) is 13.5. The maximum atomic E-state index is 13.2. The summed E-state index contributed by atoms with van der Waals surface area (Å²) in [5, 5.41) is 12.4. The third-order valence-corrected chi connectivity index (χ3v) is 6.53. The third-order valence-electron chi connectivity index (χ3n) is 6.53. The highest BCUT2D eigenvalue weighted by molar-refractivity contribution is 5.99. The number of benzene rings is 2. The Bertz CT molecular complexity index is 1070. The van der Waals surface area contributed by atoms with Crippen molar-refractivity contribution in [3.05, 3.63) is 70.4 Å². The minimum Gasteiger partial charge on any atom is -0.383 e. The lowest BCUT2D eigenvalue weighted by atomic mass is 9.89. The second kappa shape index (κ2) is 6.49.